The zero-order chi connectivity index (χ0) is 13.1. The summed E-state index contributed by atoms with van der Waals surface area (Å²) in [5.74, 6) is 1.27. The van der Waals surface area contributed by atoms with Crippen molar-refractivity contribution in [3.63, 3.8) is 0 Å². The van der Waals surface area contributed by atoms with Gasteiger partial charge < -0.3 is 10.5 Å². The molecule has 1 rings (SSSR count). The molecule has 0 radical (unpaired) electrons. The van der Waals surface area contributed by atoms with Gasteiger partial charge in [0, 0.05) is 5.54 Å². The molecule has 0 fully saturated rings. The predicted octanol–water partition coefficient (Wildman–Crippen LogP) is 3.29. The minimum Gasteiger partial charge on any atom is -0.491 e. The van der Waals surface area contributed by atoms with Crippen LogP contribution in [0.3, 0.4) is 0 Å². The van der Waals surface area contributed by atoms with Crippen LogP contribution in [-0.2, 0) is 0 Å². The van der Waals surface area contributed by atoms with Gasteiger partial charge in [-0.2, -0.15) is 0 Å². The van der Waals surface area contributed by atoms with Crippen molar-refractivity contribution in [1.82, 2.24) is 4.98 Å². The summed E-state index contributed by atoms with van der Waals surface area (Å²) in [7, 11) is 0. The van der Waals surface area contributed by atoms with E-state index in [0.29, 0.717) is 12.5 Å². The van der Waals surface area contributed by atoms with E-state index in [9.17, 15) is 0 Å². The SMILES string of the molecule is Cc1nc(Br)ccc1OCC(C)CC(C)(C)N. The molecule has 0 saturated heterocycles. The molecule has 1 aromatic rings. The van der Waals surface area contributed by atoms with Crippen LogP contribution in [0.4, 0.5) is 0 Å². The quantitative estimate of drug-likeness (QED) is 0.849. The van der Waals surface area contributed by atoms with Gasteiger partial charge in [-0.25, -0.2) is 4.98 Å². The molecule has 3 nitrogen and oxygen atoms in total. The van der Waals surface area contributed by atoms with Crippen LogP contribution in [0, 0.1) is 12.8 Å². The average molecular weight is 301 g/mol. The van der Waals surface area contributed by atoms with E-state index in [-0.39, 0.29) is 5.54 Å². The van der Waals surface area contributed by atoms with Gasteiger partial charge in [0.05, 0.1) is 12.3 Å². The summed E-state index contributed by atoms with van der Waals surface area (Å²) in [4.78, 5) is 4.29. The largest absolute Gasteiger partial charge is 0.491 e. The van der Waals surface area contributed by atoms with E-state index < -0.39 is 0 Å². The molecule has 1 aromatic heterocycles. The molecule has 0 amide bonds. The van der Waals surface area contributed by atoms with Gasteiger partial charge in [-0.3, -0.25) is 0 Å². The number of aromatic nitrogens is 1. The van der Waals surface area contributed by atoms with E-state index in [4.69, 9.17) is 10.5 Å². The van der Waals surface area contributed by atoms with Gasteiger partial charge in [-0.05, 0) is 61.2 Å². The fourth-order valence-corrected chi connectivity index (χ4v) is 2.26. The highest BCUT2D eigenvalue weighted by Gasteiger charge is 2.16. The van der Waals surface area contributed by atoms with Gasteiger partial charge in [0.1, 0.15) is 10.4 Å². The van der Waals surface area contributed by atoms with E-state index in [1.807, 2.05) is 32.9 Å². The second-order valence-electron chi connectivity index (χ2n) is 5.33. The van der Waals surface area contributed by atoms with Crippen molar-refractivity contribution in [2.75, 3.05) is 6.61 Å². The number of rotatable bonds is 5. The Labute approximate surface area is 112 Å². The molecule has 0 aliphatic carbocycles. The maximum atomic E-state index is 5.98. The monoisotopic (exact) mass is 300 g/mol. The maximum Gasteiger partial charge on any atom is 0.140 e. The summed E-state index contributed by atoms with van der Waals surface area (Å²) in [6.07, 6.45) is 0.940. The first-order chi connectivity index (χ1) is 7.78. The third-order valence-electron chi connectivity index (χ3n) is 2.40. The number of hydrogen-bond donors (Lipinski definition) is 1. The lowest BCUT2D eigenvalue weighted by Crippen LogP contribution is -2.35. The van der Waals surface area contributed by atoms with Crippen LogP contribution in [0.15, 0.2) is 16.7 Å². The molecule has 0 saturated carbocycles. The van der Waals surface area contributed by atoms with Crippen molar-refractivity contribution >= 4 is 15.9 Å². The van der Waals surface area contributed by atoms with Crippen LogP contribution in [0.1, 0.15) is 32.9 Å². The molecule has 1 heterocycles. The highest BCUT2D eigenvalue weighted by Crippen LogP contribution is 2.20. The third kappa shape index (κ3) is 5.50. The molecule has 96 valence electrons. The lowest BCUT2D eigenvalue weighted by atomic mass is 9.93. The van der Waals surface area contributed by atoms with Crippen LogP contribution in [0.25, 0.3) is 0 Å². The second-order valence-corrected chi connectivity index (χ2v) is 6.14. The van der Waals surface area contributed by atoms with Crippen LogP contribution < -0.4 is 10.5 Å². The number of aryl methyl sites for hydroxylation is 1. The number of nitrogens with zero attached hydrogens (tertiary/aromatic N) is 1. The summed E-state index contributed by atoms with van der Waals surface area (Å²) in [6, 6.07) is 3.83. The second kappa shape index (κ2) is 5.83. The molecule has 0 aromatic carbocycles. The highest BCUT2D eigenvalue weighted by molar-refractivity contribution is 9.10. The van der Waals surface area contributed by atoms with Crippen molar-refractivity contribution in [3.05, 3.63) is 22.4 Å². The van der Waals surface area contributed by atoms with Crippen LogP contribution >= 0.6 is 15.9 Å². The first-order valence-corrected chi connectivity index (χ1v) is 6.62. The van der Waals surface area contributed by atoms with Gasteiger partial charge in [-0.15, -0.1) is 0 Å². The molecule has 0 aliphatic heterocycles. The molecule has 1 atom stereocenters. The average Bonchev–Trinajstić information content (AvgIpc) is 2.13. The number of pyridine rings is 1. The fraction of sp³-hybridized carbons (Fsp3) is 0.615. The Kier molecular flexibility index (Phi) is 4.95. The highest BCUT2D eigenvalue weighted by atomic mass is 79.9. The summed E-state index contributed by atoms with van der Waals surface area (Å²) >= 11 is 3.33. The standard InChI is InChI=1S/C13H21BrN2O/c1-9(7-13(3,4)15)8-17-11-5-6-12(14)16-10(11)2/h5-6,9H,7-8,15H2,1-4H3. The van der Waals surface area contributed by atoms with Crippen molar-refractivity contribution in [1.29, 1.82) is 0 Å². The zero-order valence-electron chi connectivity index (χ0n) is 11.0. The first-order valence-electron chi connectivity index (χ1n) is 5.83. The number of nitrogens with two attached hydrogens (primary N) is 1. The third-order valence-corrected chi connectivity index (χ3v) is 2.84. The molecule has 0 spiro atoms. The van der Waals surface area contributed by atoms with E-state index in [2.05, 4.69) is 27.8 Å². The van der Waals surface area contributed by atoms with Gasteiger partial charge in [0.25, 0.3) is 0 Å². The van der Waals surface area contributed by atoms with Gasteiger partial charge in [-0.1, -0.05) is 6.92 Å². The van der Waals surface area contributed by atoms with Crippen molar-refractivity contribution < 1.29 is 4.74 Å². The molecule has 0 aliphatic rings. The maximum absolute atomic E-state index is 5.98. The zero-order valence-corrected chi connectivity index (χ0v) is 12.5. The van der Waals surface area contributed by atoms with E-state index in [1.165, 1.54) is 0 Å². The van der Waals surface area contributed by atoms with Crippen molar-refractivity contribution in [2.45, 2.75) is 39.7 Å². The van der Waals surface area contributed by atoms with E-state index in [1.54, 1.807) is 0 Å². The Morgan fingerprint density at radius 3 is 2.65 bits per heavy atom. The number of hydrogen-bond acceptors (Lipinski definition) is 3. The predicted molar refractivity (Wildman–Crippen MR) is 74.2 cm³/mol. The van der Waals surface area contributed by atoms with Crippen LogP contribution in [-0.4, -0.2) is 17.1 Å². The Hall–Kier alpha value is -0.610. The molecule has 4 heteroatoms. The molecular formula is C13H21BrN2O. The lowest BCUT2D eigenvalue weighted by molar-refractivity contribution is 0.227. The van der Waals surface area contributed by atoms with Gasteiger partial charge in [0.15, 0.2) is 0 Å². The molecular weight excluding hydrogens is 280 g/mol. The molecule has 17 heavy (non-hydrogen) atoms. The van der Waals surface area contributed by atoms with E-state index >= 15 is 0 Å². The molecule has 2 N–H and O–H groups in total. The first kappa shape index (κ1) is 14.5. The molecule has 1 unspecified atom stereocenters. The van der Waals surface area contributed by atoms with E-state index in [0.717, 1.165) is 22.5 Å². The summed E-state index contributed by atoms with van der Waals surface area (Å²) < 4.78 is 6.59. The minimum absolute atomic E-state index is 0.143. The Morgan fingerprint density at radius 2 is 2.12 bits per heavy atom. The fourth-order valence-electron chi connectivity index (χ4n) is 1.86. The Balaban J connectivity index is 2.50. The topological polar surface area (TPSA) is 48.1 Å². The summed E-state index contributed by atoms with van der Waals surface area (Å²) in [5.41, 5.74) is 6.74. The normalized spacial score (nSPS) is 13.5. The van der Waals surface area contributed by atoms with Crippen LogP contribution in [0.2, 0.25) is 0 Å². The number of ether oxygens (including phenoxy) is 1. The van der Waals surface area contributed by atoms with Gasteiger partial charge in [0.2, 0.25) is 0 Å². The van der Waals surface area contributed by atoms with Crippen LogP contribution in [0.5, 0.6) is 5.75 Å². The smallest absolute Gasteiger partial charge is 0.140 e. The lowest BCUT2D eigenvalue weighted by Gasteiger charge is -2.23. The minimum atomic E-state index is -0.143. The van der Waals surface area contributed by atoms with Crippen molar-refractivity contribution in [3.8, 4) is 5.75 Å². The molecule has 0 bridgehead atoms. The van der Waals surface area contributed by atoms with Gasteiger partial charge >= 0.3 is 0 Å². The number of halogens is 1. The summed E-state index contributed by atoms with van der Waals surface area (Å²) in [6.45, 7) is 8.84. The summed E-state index contributed by atoms with van der Waals surface area (Å²) in [5, 5.41) is 0. The Bertz CT molecular complexity index is 374. The van der Waals surface area contributed by atoms with Crippen molar-refractivity contribution in [2.24, 2.45) is 11.7 Å². The Morgan fingerprint density at radius 1 is 1.47 bits per heavy atom.